The lowest BCUT2D eigenvalue weighted by atomic mass is 10.2. The van der Waals surface area contributed by atoms with Crippen LogP contribution in [0.5, 0.6) is 5.75 Å². The number of aromatic nitrogens is 2. The summed E-state index contributed by atoms with van der Waals surface area (Å²) in [5, 5.41) is 0. The quantitative estimate of drug-likeness (QED) is 0.873. The third-order valence-electron chi connectivity index (χ3n) is 2.56. The van der Waals surface area contributed by atoms with E-state index in [1.807, 2.05) is 43.6 Å². The van der Waals surface area contributed by atoms with Gasteiger partial charge < -0.3 is 10.5 Å². The van der Waals surface area contributed by atoms with Crippen molar-refractivity contribution in [1.82, 2.24) is 9.97 Å². The molecule has 0 saturated heterocycles. The Balaban J connectivity index is 2.15. The largest absolute Gasteiger partial charge is 0.494 e. The summed E-state index contributed by atoms with van der Waals surface area (Å²) in [6, 6.07) is 7.78. The summed E-state index contributed by atoms with van der Waals surface area (Å²) in [6.45, 7) is 3.25. The molecule has 0 amide bonds. The first-order valence-corrected chi connectivity index (χ1v) is 6.07. The predicted molar refractivity (Wildman–Crippen MR) is 71.4 cm³/mol. The van der Waals surface area contributed by atoms with E-state index < -0.39 is 0 Å². The second-order valence-electron chi connectivity index (χ2n) is 3.91. The second kappa shape index (κ2) is 6.12. The van der Waals surface area contributed by atoms with Gasteiger partial charge in [0.05, 0.1) is 6.61 Å². The molecule has 2 aromatic rings. The molecule has 1 aromatic carbocycles. The van der Waals surface area contributed by atoms with Gasteiger partial charge in [-0.2, -0.15) is 0 Å². The van der Waals surface area contributed by atoms with Crippen molar-refractivity contribution in [2.45, 2.75) is 13.3 Å². The van der Waals surface area contributed by atoms with E-state index in [-0.39, 0.29) is 0 Å². The first-order valence-electron chi connectivity index (χ1n) is 6.07. The van der Waals surface area contributed by atoms with E-state index in [1.165, 1.54) is 0 Å². The lowest BCUT2D eigenvalue weighted by Crippen LogP contribution is -2.03. The van der Waals surface area contributed by atoms with E-state index in [1.54, 1.807) is 0 Å². The molecule has 0 aliphatic carbocycles. The molecule has 0 bridgehead atoms. The molecular weight excluding hydrogens is 226 g/mol. The Morgan fingerprint density at radius 2 is 1.78 bits per heavy atom. The smallest absolute Gasteiger partial charge is 0.159 e. The topological polar surface area (TPSA) is 61.0 Å². The standard InChI is InChI=1S/C14H17N3O/c1-2-18-13-5-3-12(4-6-13)14-16-9-11(7-8-15)10-17-14/h3-6,9-10H,2,7-8,15H2,1H3. The average Bonchev–Trinajstić information content (AvgIpc) is 2.41. The van der Waals surface area contributed by atoms with Gasteiger partial charge in [0.1, 0.15) is 5.75 Å². The first-order chi connectivity index (χ1) is 8.83. The van der Waals surface area contributed by atoms with Gasteiger partial charge >= 0.3 is 0 Å². The van der Waals surface area contributed by atoms with Crippen LogP contribution in [0.4, 0.5) is 0 Å². The Hall–Kier alpha value is -1.94. The average molecular weight is 243 g/mol. The van der Waals surface area contributed by atoms with Gasteiger partial charge in [0.15, 0.2) is 5.82 Å². The van der Waals surface area contributed by atoms with Crippen LogP contribution >= 0.6 is 0 Å². The number of nitrogens with zero attached hydrogens (tertiary/aromatic N) is 2. The minimum atomic E-state index is 0.617. The number of ether oxygens (including phenoxy) is 1. The van der Waals surface area contributed by atoms with E-state index in [0.717, 1.165) is 29.1 Å². The van der Waals surface area contributed by atoms with Gasteiger partial charge in [-0.05, 0) is 49.7 Å². The predicted octanol–water partition coefficient (Wildman–Crippen LogP) is 2.04. The maximum atomic E-state index is 5.49. The summed E-state index contributed by atoms with van der Waals surface area (Å²) < 4.78 is 5.39. The second-order valence-corrected chi connectivity index (χ2v) is 3.91. The van der Waals surface area contributed by atoms with Crippen LogP contribution in [0.3, 0.4) is 0 Å². The van der Waals surface area contributed by atoms with Crippen molar-refractivity contribution in [1.29, 1.82) is 0 Å². The molecular formula is C14H17N3O. The molecule has 4 nitrogen and oxygen atoms in total. The molecule has 0 unspecified atom stereocenters. The zero-order chi connectivity index (χ0) is 12.8. The molecule has 0 spiro atoms. The Morgan fingerprint density at radius 3 is 2.33 bits per heavy atom. The maximum absolute atomic E-state index is 5.49. The van der Waals surface area contributed by atoms with E-state index in [2.05, 4.69) is 9.97 Å². The minimum absolute atomic E-state index is 0.617. The molecule has 2 rings (SSSR count). The van der Waals surface area contributed by atoms with Crippen molar-refractivity contribution >= 4 is 0 Å². The molecule has 4 heteroatoms. The summed E-state index contributed by atoms with van der Waals surface area (Å²) >= 11 is 0. The van der Waals surface area contributed by atoms with Crippen molar-refractivity contribution in [3.8, 4) is 17.1 Å². The fraction of sp³-hybridized carbons (Fsp3) is 0.286. The summed E-state index contributed by atoms with van der Waals surface area (Å²) in [7, 11) is 0. The molecule has 0 aliphatic rings. The summed E-state index contributed by atoms with van der Waals surface area (Å²) in [4.78, 5) is 8.67. The van der Waals surface area contributed by atoms with Crippen LogP contribution in [0.15, 0.2) is 36.7 Å². The molecule has 1 aromatic heterocycles. The molecule has 18 heavy (non-hydrogen) atoms. The molecule has 2 N–H and O–H groups in total. The van der Waals surface area contributed by atoms with Crippen molar-refractivity contribution in [2.75, 3.05) is 13.2 Å². The minimum Gasteiger partial charge on any atom is -0.494 e. The summed E-state index contributed by atoms with van der Waals surface area (Å²) in [5.41, 5.74) is 7.53. The van der Waals surface area contributed by atoms with E-state index in [4.69, 9.17) is 10.5 Å². The van der Waals surface area contributed by atoms with Crippen LogP contribution in [0, 0.1) is 0 Å². The Labute approximate surface area is 107 Å². The normalized spacial score (nSPS) is 10.3. The van der Waals surface area contributed by atoms with Crippen LogP contribution < -0.4 is 10.5 Å². The molecule has 0 aliphatic heterocycles. The van der Waals surface area contributed by atoms with Crippen molar-refractivity contribution < 1.29 is 4.74 Å². The highest BCUT2D eigenvalue weighted by Crippen LogP contribution is 2.19. The number of benzene rings is 1. The van der Waals surface area contributed by atoms with Gasteiger partial charge in [0.2, 0.25) is 0 Å². The lowest BCUT2D eigenvalue weighted by Gasteiger charge is -2.04. The Kier molecular flexibility index (Phi) is 4.25. The maximum Gasteiger partial charge on any atom is 0.159 e. The van der Waals surface area contributed by atoms with E-state index in [0.29, 0.717) is 13.2 Å². The molecule has 0 atom stereocenters. The van der Waals surface area contributed by atoms with Crippen LogP contribution in [0.1, 0.15) is 12.5 Å². The highest BCUT2D eigenvalue weighted by atomic mass is 16.5. The third kappa shape index (κ3) is 3.05. The highest BCUT2D eigenvalue weighted by molar-refractivity contribution is 5.55. The fourth-order valence-electron chi connectivity index (χ4n) is 1.67. The molecule has 0 fully saturated rings. The fourth-order valence-corrected chi connectivity index (χ4v) is 1.67. The van der Waals surface area contributed by atoms with Crippen molar-refractivity contribution in [2.24, 2.45) is 5.73 Å². The summed E-state index contributed by atoms with van der Waals surface area (Å²) in [5.74, 6) is 1.58. The van der Waals surface area contributed by atoms with Crippen LogP contribution in [-0.4, -0.2) is 23.1 Å². The van der Waals surface area contributed by atoms with E-state index >= 15 is 0 Å². The van der Waals surface area contributed by atoms with Gasteiger partial charge in [-0.1, -0.05) is 0 Å². The molecule has 94 valence electrons. The number of rotatable bonds is 5. The van der Waals surface area contributed by atoms with Crippen molar-refractivity contribution in [3.63, 3.8) is 0 Å². The zero-order valence-corrected chi connectivity index (χ0v) is 10.5. The van der Waals surface area contributed by atoms with Gasteiger partial charge in [0, 0.05) is 18.0 Å². The van der Waals surface area contributed by atoms with Gasteiger partial charge in [0.25, 0.3) is 0 Å². The van der Waals surface area contributed by atoms with Crippen LogP contribution in [0.2, 0.25) is 0 Å². The van der Waals surface area contributed by atoms with Gasteiger partial charge in [-0.15, -0.1) is 0 Å². The molecule has 0 saturated carbocycles. The third-order valence-corrected chi connectivity index (χ3v) is 2.56. The number of hydrogen-bond acceptors (Lipinski definition) is 4. The summed E-state index contributed by atoms with van der Waals surface area (Å²) in [6.07, 6.45) is 4.46. The Morgan fingerprint density at radius 1 is 1.11 bits per heavy atom. The zero-order valence-electron chi connectivity index (χ0n) is 10.5. The molecule has 1 heterocycles. The van der Waals surface area contributed by atoms with Crippen LogP contribution in [0.25, 0.3) is 11.4 Å². The SMILES string of the molecule is CCOc1ccc(-c2ncc(CCN)cn2)cc1. The van der Waals surface area contributed by atoms with E-state index in [9.17, 15) is 0 Å². The Bertz CT molecular complexity index is 432. The number of hydrogen-bond donors (Lipinski definition) is 1. The highest BCUT2D eigenvalue weighted by Gasteiger charge is 2.01. The van der Waals surface area contributed by atoms with Gasteiger partial charge in [-0.3, -0.25) is 0 Å². The molecule has 0 radical (unpaired) electrons. The number of nitrogens with two attached hydrogens (primary N) is 1. The van der Waals surface area contributed by atoms with Gasteiger partial charge in [-0.25, -0.2) is 9.97 Å². The van der Waals surface area contributed by atoms with Crippen molar-refractivity contribution in [3.05, 3.63) is 42.2 Å². The first kappa shape index (κ1) is 12.5. The monoisotopic (exact) mass is 243 g/mol. The lowest BCUT2D eigenvalue weighted by molar-refractivity contribution is 0.340. The van der Waals surface area contributed by atoms with Crippen LogP contribution in [-0.2, 0) is 6.42 Å².